The number of carbonyl (C=O) groups excluding carboxylic acids is 1. The Bertz CT molecular complexity index is 931. The molecule has 136 valence electrons. The molecule has 1 aliphatic heterocycles. The van der Waals surface area contributed by atoms with E-state index in [0.29, 0.717) is 5.92 Å². The number of aromatic nitrogens is 2. The Hall–Kier alpha value is -3.01. The van der Waals surface area contributed by atoms with Gasteiger partial charge in [0.05, 0.1) is 17.6 Å². The molecule has 0 aliphatic carbocycles. The molecule has 1 saturated heterocycles. The maximum atomic E-state index is 12.6. The molecule has 1 amide bonds. The van der Waals surface area contributed by atoms with Crippen molar-refractivity contribution in [2.45, 2.75) is 25.7 Å². The molecule has 2 aromatic carbocycles. The first-order valence-electron chi connectivity index (χ1n) is 9.44. The maximum Gasteiger partial charge on any atom is 0.253 e. The molecule has 4 nitrogen and oxygen atoms in total. The van der Waals surface area contributed by atoms with E-state index in [0.717, 1.165) is 48.4 Å². The summed E-state index contributed by atoms with van der Waals surface area (Å²) in [4.78, 5) is 23.9. The quantitative estimate of drug-likeness (QED) is 0.695. The van der Waals surface area contributed by atoms with E-state index < -0.39 is 0 Å². The van der Waals surface area contributed by atoms with Gasteiger partial charge in [-0.15, -0.1) is 0 Å². The van der Waals surface area contributed by atoms with Gasteiger partial charge in [0.2, 0.25) is 0 Å². The second kappa shape index (κ2) is 7.70. The van der Waals surface area contributed by atoms with Gasteiger partial charge in [0, 0.05) is 36.3 Å². The van der Waals surface area contributed by atoms with E-state index in [-0.39, 0.29) is 5.91 Å². The van der Waals surface area contributed by atoms with Crippen LogP contribution in [0.3, 0.4) is 0 Å². The number of rotatable bonds is 3. The number of piperidine rings is 1. The zero-order valence-electron chi connectivity index (χ0n) is 15.5. The summed E-state index contributed by atoms with van der Waals surface area (Å²) in [6.07, 6.45) is 5.55. The first kappa shape index (κ1) is 17.4. The molecule has 27 heavy (non-hydrogen) atoms. The first-order valence-corrected chi connectivity index (χ1v) is 9.44. The van der Waals surface area contributed by atoms with Crippen molar-refractivity contribution in [1.29, 1.82) is 0 Å². The van der Waals surface area contributed by atoms with Gasteiger partial charge in [0.1, 0.15) is 0 Å². The summed E-state index contributed by atoms with van der Waals surface area (Å²) in [6.45, 7) is 3.61. The Kier molecular flexibility index (Phi) is 4.97. The molecule has 0 N–H and O–H groups in total. The number of carbonyl (C=O) groups is 1. The second-order valence-electron chi connectivity index (χ2n) is 7.08. The highest BCUT2D eigenvalue weighted by atomic mass is 16.2. The number of amides is 1. The smallest absolute Gasteiger partial charge is 0.253 e. The summed E-state index contributed by atoms with van der Waals surface area (Å²) < 4.78 is 0. The van der Waals surface area contributed by atoms with Gasteiger partial charge in [0.15, 0.2) is 0 Å². The molecule has 1 aliphatic rings. The summed E-state index contributed by atoms with van der Waals surface area (Å²) in [5.41, 5.74) is 5.05. The second-order valence-corrected chi connectivity index (χ2v) is 7.08. The van der Waals surface area contributed by atoms with Crippen molar-refractivity contribution in [2.75, 3.05) is 13.1 Å². The average Bonchev–Trinajstić information content (AvgIpc) is 2.74. The van der Waals surface area contributed by atoms with Crippen molar-refractivity contribution < 1.29 is 4.79 Å². The molecule has 0 unspecified atom stereocenters. The molecule has 0 saturated carbocycles. The van der Waals surface area contributed by atoms with Gasteiger partial charge in [-0.3, -0.25) is 9.78 Å². The van der Waals surface area contributed by atoms with E-state index in [9.17, 15) is 4.79 Å². The molecule has 1 aromatic heterocycles. The Morgan fingerprint density at radius 3 is 2.41 bits per heavy atom. The summed E-state index contributed by atoms with van der Waals surface area (Å²) in [7, 11) is 0. The van der Waals surface area contributed by atoms with E-state index in [1.165, 1.54) is 5.56 Å². The number of hydrogen-bond donors (Lipinski definition) is 0. The van der Waals surface area contributed by atoms with Crippen LogP contribution in [0.4, 0.5) is 0 Å². The predicted octanol–water partition coefficient (Wildman–Crippen LogP) is 4.47. The molecule has 1 fully saturated rings. The van der Waals surface area contributed by atoms with E-state index in [4.69, 9.17) is 4.98 Å². The van der Waals surface area contributed by atoms with Crippen LogP contribution in [0.25, 0.3) is 11.3 Å². The molecule has 0 atom stereocenters. The van der Waals surface area contributed by atoms with Crippen molar-refractivity contribution in [3.05, 3.63) is 83.8 Å². The molecular formula is C23H23N3O. The minimum absolute atomic E-state index is 0.119. The van der Waals surface area contributed by atoms with Crippen LogP contribution in [-0.2, 0) is 0 Å². The number of aryl methyl sites for hydroxylation is 1. The standard InChI is InChI=1S/C23H23N3O/c1-17-7-5-6-10-20(17)22-16-24-15-21(25-22)18-11-13-26(14-12-18)23(27)19-8-3-2-4-9-19/h2-10,15-16,18H,11-14H2,1H3. The zero-order valence-corrected chi connectivity index (χ0v) is 15.5. The average molecular weight is 357 g/mol. The lowest BCUT2D eigenvalue weighted by molar-refractivity contribution is 0.0712. The number of benzene rings is 2. The molecule has 0 radical (unpaired) electrons. The van der Waals surface area contributed by atoms with Crippen molar-refractivity contribution in [2.24, 2.45) is 0 Å². The molecule has 0 bridgehead atoms. The maximum absolute atomic E-state index is 12.6. The minimum Gasteiger partial charge on any atom is -0.339 e. The lowest BCUT2D eigenvalue weighted by Gasteiger charge is -2.31. The van der Waals surface area contributed by atoms with Gasteiger partial charge in [-0.25, -0.2) is 4.98 Å². The van der Waals surface area contributed by atoms with Crippen LogP contribution in [0.5, 0.6) is 0 Å². The van der Waals surface area contributed by atoms with Crippen LogP contribution in [0.2, 0.25) is 0 Å². The third-order valence-corrected chi connectivity index (χ3v) is 5.30. The van der Waals surface area contributed by atoms with Crippen LogP contribution < -0.4 is 0 Å². The SMILES string of the molecule is Cc1ccccc1-c1cncc(C2CCN(C(=O)c3ccccc3)CC2)n1. The van der Waals surface area contributed by atoms with Crippen molar-refractivity contribution in [1.82, 2.24) is 14.9 Å². The summed E-state index contributed by atoms with van der Waals surface area (Å²) in [5, 5.41) is 0. The third kappa shape index (κ3) is 3.75. The highest BCUT2D eigenvalue weighted by Gasteiger charge is 2.25. The first-order chi connectivity index (χ1) is 13.2. The van der Waals surface area contributed by atoms with E-state index in [2.05, 4.69) is 24.0 Å². The van der Waals surface area contributed by atoms with E-state index in [1.54, 1.807) is 0 Å². The fourth-order valence-electron chi connectivity index (χ4n) is 3.71. The van der Waals surface area contributed by atoms with Crippen LogP contribution >= 0.6 is 0 Å². The lowest BCUT2D eigenvalue weighted by Crippen LogP contribution is -2.38. The van der Waals surface area contributed by atoms with Crippen LogP contribution in [0, 0.1) is 6.92 Å². The summed E-state index contributed by atoms with van der Waals surface area (Å²) in [6, 6.07) is 17.8. The fourth-order valence-corrected chi connectivity index (χ4v) is 3.71. The van der Waals surface area contributed by atoms with Gasteiger partial charge in [-0.1, -0.05) is 42.5 Å². The normalized spacial score (nSPS) is 14.9. The monoisotopic (exact) mass is 357 g/mol. The third-order valence-electron chi connectivity index (χ3n) is 5.30. The molecule has 4 heteroatoms. The molecule has 2 heterocycles. The van der Waals surface area contributed by atoms with E-state index >= 15 is 0 Å². The van der Waals surface area contributed by atoms with Gasteiger partial charge in [-0.05, 0) is 37.5 Å². The molecule has 0 spiro atoms. The fraction of sp³-hybridized carbons (Fsp3) is 0.261. The van der Waals surface area contributed by atoms with Crippen LogP contribution in [0.1, 0.15) is 40.4 Å². The minimum atomic E-state index is 0.119. The summed E-state index contributed by atoms with van der Waals surface area (Å²) >= 11 is 0. The lowest BCUT2D eigenvalue weighted by atomic mass is 9.93. The Morgan fingerprint density at radius 2 is 1.67 bits per heavy atom. The summed E-state index contributed by atoms with van der Waals surface area (Å²) in [5.74, 6) is 0.468. The van der Waals surface area contributed by atoms with Crippen LogP contribution in [-0.4, -0.2) is 33.9 Å². The Labute approximate surface area is 159 Å². The number of nitrogens with zero attached hydrogens (tertiary/aromatic N) is 3. The van der Waals surface area contributed by atoms with Crippen molar-refractivity contribution >= 4 is 5.91 Å². The van der Waals surface area contributed by atoms with Gasteiger partial charge in [-0.2, -0.15) is 0 Å². The number of likely N-dealkylation sites (tertiary alicyclic amines) is 1. The Morgan fingerprint density at radius 1 is 0.963 bits per heavy atom. The van der Waals surface area contributed by atoms with Crippen molar-refractivity contribution in [3.8, 4) is 11.3 Å². The number of hydrogen-bond acceptors (Lipinski definition) is 3. The van der Waals surface area contributed by atoms with Crippen molar-refractivity contribution in [3.63, 3.8) is 0 Å². The highest BCUT2D eigenvalue weighted by molar-refractivity contribution is 5.94. The topological polar surface area (TPSA) is 46.1 Å². The van der Waals surface area contributed by atoms with Gasteiger partial charge < -0.3 is 4.90 Å². The highest BCUT2D eigenvalue weighted by Crippen LogP contribution is 2.29. The van der Waals surface area contributed by atoms with E-state index in [1.807, 2.05) is 59.8 Å². The van der Waals surface area contributed by atoms with Crippen LogP contribution in [0.15, 0.2) is 67.0 Å². The Balaban J connectivity index is 1.47. The molecule has 4 rings (SSSR count). The van der Waals surface area contributed by atoms with Gasteiger partial charge >= 0.3 is 0 Å². The molecular weight excluding hydrogens is 334 g/mol. The largest absolute Gasteiger partial charge is 0.339 e. The van der Waals surface area contributed by atoms with Gasteiger partial charge in [0.25, 0.3) is 5.91 Å². The zero-order chi connectivity index (χ0) is 18.6. The molecule has 3 aromatic rings. The predicted molar refractivity (Wildman–Crippen MR) is 107 cm³/mol.